The van der Waals surface area contributed by atoms with Gasteiger partial charge in [-0.2, -0.15) is 0 Å². The van der Waals surface area contributed by atoms with Gasteiger partial charge in [-0.05, 0) is 43.0 Å². The van der Waals surface area contributed by atoms with E-state index >= 15 is 0 Å². The van der Waals surface area contributed by atoms with E-state index in [4.69, 9.17) is 0 Å². The highest BCUT2D eigenvalue weighted by atomic mass is 127. The first kappa shape index (κ1) is 22.6. The average Bonchev–Trinajstić information content (AvgIpc) is 2.57. The van der Waals surface area contributed by atoms with Crippen molar-refractivity contribution >= 4 is 34.3 Å². The molecule has 1 N–H and O–H groups in total. The van der Waals surface area contributed by atoms with Crippen LogP contribution in [-0.4, -0.2) is 22.7 Å². The Bertz CT molecular complexity index is 329. The minimum atomic E-state index is -0.433. The molecule has 0 aliphatic rings. The molecule has 0 radical (unpaired) electrons. The van der Waals surface area contributed by atoms with E-state index in [2.05, 4.69) is 40.1 Å². The summed E-state index contributed by atoms with van der Waals surface area (Å²) in [7, 11) is 0. The van der Waals surface area contributed by atoms with Gasteiger partial charge in [-0.1, -0.05) is 73.8 Å². The summed E-state index contributed by atoms with van der Waals surface area (Å²) < 4.78 is 1.30. The first-order valence-corrected chi connectivity index (χ1v) is 10.8. The van der Waals surface area contributed by atoms with Crippen LogP contribution in [0, 0.1) is 0 Å². The number of halogens is 1. The van der Waals surface area contributed by atoms with E-state index in [9.17, 15) is 9.59 Å². The number of carbonyl (C=O) groups is 2. The number of hydrogen-bond donors (Lipinski definition) is 1. The molecule has 0 aromatic heterocycles. The fourth-order valence-electron chi connectivity index (χ4n) is 2.32. The van der Waals surface area contributed by atoms with E-state index in [1.807, 2.05) is 0 Å². The van der Waals surface area contributed by atoms with Crippen molar-refractivity contribution in [2.45, 2.75) is 84.0 Å². The summed E-state index contributed by atoms with van der Waals surface area (Å²) in [4.78, 5) is 22.3. The highest BCUT2D eigenvalue weighted by Crippen LogP contribution is 2.09. The Hall–Kier alpha value is -0.390. The summed E-state index contributed by atoms with van der Waals surface area (Å²) >= 11 is 2.45. The lowest BCUT2D eigenvalue weighted by Gasteiger charge is -2.02. The molecule has 0 fully saturated rings. The number of allylic oxidation sites excluding steroid dienone is 2. The number of hydrogen-bond acceptors (Lipinski definition) is 2. The van der Waals surface area contributed by atoms with Gasteiger partial charge in [0.15, 0.2) is 0 Å². The molecule has 0 aromatic rings. The fourth-order valence-corrected chi connectivity index (χ4v) is 2.86. The zero-order chi connectivity index (χ0) is 17.2. The van der Waals surface area contributed by atoms with Crippen LogP contribution in [0.25, 0.3) is 0 Å². The summed E-state index contributed by atoms with van der Waals surface area (Å²) in [6, 6.07) is 0. The van der Waals surface area contributed by atoms with Crippen molar-refractivity contribution in [3.63, 3.8) is 0 Å². The molecule has 0 rings (SSSR count). The van der Waals surface area contributed by atoms with Crippen LogP contribution < -0.4 is 5.32 Å². The summed E-state index contributed by atoms with van der Waals surface area (Å²) in [5, 5.41) is 2.66. The van der Waals surface area contributed by atoms with Crippen LogP contribution >= 0.6 is 22.6 Å². The van der Waals surface area contributed by atoms with Gasteiger partial charge in [0.05, 0.1) is 0 Å². The molecule has 0 heterocycles. The summed E-state index contributed by atoms with van der Waals surface area (Å²) in [5.74, 6) is -0.757. The van der Waals surface area contributed by atoms with Gasteiger partial charge >= 0.3 is 0 Å². The quantitative estimate of drug-likeness (QED) is 0.117. The molecule has 3 nitrogen and oxygen atoms in total. The van der Waals surface area contributed by atoms with Gasteiger partial charge < -0.3 is 5.32 Å². The summed E-state index contributed by atoms with van der Waals surface area (Å²) in [6.45, 7) is 2.31. The third kappa shape index (κ3) is 16.3. The third-order valence-electron chi connectivity index (χ3n) is 3.83. The molecule has 0 spiro atoms. The molecular formula is C19H34INO2. The number of ketones is 1. The van der Waals surface area contributed by atoms with Crippen molar-refractivity contribution in [2.75, 3.05) is 11.0 Å². The molecule has 0 aliphatic carbocycles. The van der Waals surface area contributed by atoms with Gasteiger partial charge in [0, 0.05) is 13.0 Å². The van der Waals surface area contributed by atoms with Crippen molar-refractivity contribution in [1.82, 2.24) is 5.32 Å². The number of nitrogens with one attached hydrogen (secondary N) is 1. The van der Waals surface area contributed by atoms with Crippen molar-refractivity contribution in [2.24, 2.45) is 0 Å². The van der Waals surface area contributed by atoms with Crippen LogP contribution in [0.15, 0.2) is 12.2 Å². The molecule has 0 bridgehead atoms. The number of Topliss-reactive ketones (excluding diaryl/α,β-unsaturated/α-hetero) is 1. The van der Waals surface area contributed by atoms with E-state index in [0.717, 1.165) is 19.3 Å². The topological polar surface area (TPSA) is 46.2 Å². The van der Waals surface area contributed by atoms with Crippen molar-refractivity contribution < 1.29 is 9.59 Å². The van der Waals surface area contributed by atoms with Crippen molar-refractivity contribution in [3.05, 3.63) is 12.2 Å². The second kappa shape index (κ2) is 18.0. The first-order valence-electron chi connectivity index (χ1n) is 9.24. The molecule has 23 heavy (non-hydrogen) atoms. The Balaban J connectivity index is 3.23. The Morgan fingerprint density at radius 3 is 1.91 bits per heavy atom. The van der Waals surface area contributed by atoms with E-state index in [1.165, 1.54) is 55.8 Å². The molecule has 0 aliphatic heterocycles. The number of unbranched alkanes of at least 4 members (excludes halogenated alkanes) is 9. The smallest absolute Gasteiger partial charge is 0.287 e. The maximum Gasteiger partial charge on any atom is 0.287 e. The van der Waals surface area contributed by atoms with Crippen molar-refractivity contribution in [1.29, 1.82) is 0 Å². The van der Waals surface area contributed by atoms with Crippen LogP contribution in [-0.2, 0) is 9.59 Å². The predicted octanol–water partition coefficient (Wildman–Crippen LogP) is 5.36. The molecule has 0 saturated carbocycles. The van der Waals surface area contributed by atoms with Gasteiger partial charge in [0.2, 0.25) is 5.78 Å². The van der Waals surface area contributed by atoms with Gasteiger partial charge in [-0.3, -0.25) is 9.59 Å². The van der Waals surface area contributed by atoms with E-state index in [-0.39, 0.29) is 12.2 Å². The lowest BCUT2D eigenvalue weighted by atomic mass is 10.1. The number of amides is 1. The zero-order valence-corrected chi connectivity index (χ0v) is 16.9. The zero-order valence-electron chi connectivity index (χ0n) is 14.7. The standard InChI is InChI=1S/C19H34INO2/c1-2-18(22)19(23)21-17-15-13-11-9-7-5-3-4-6-8-10-12-14-16-20/h7,9H,2-6,8,10-17H2,1H3,(H,21,23)/b9-7-. The molecule has 0 saturated heterocycles. The Morgan fingerprint density at radius 2 is 1.35 bits per heavy atom. The van der Waals surface area contributed by atoms with E-state index in [1.54, 1.807) is 6.92 Å². The maximum absolute atomic E-state index is 11.2. The minimum absolute atomic E-state index is 0.285. The minimum Gasteiger partial charge on any atom is -0.350 e. The molecule has 4 heteroatoms. The van der Waals surface area contributed by atoms with Gasteiger partial charge in [-0.25, -0.2) is 0 Å². The Kier molecular flexibility index (Phi) is 17.7. The van der Waals surface area contributed by atoms with E-state index < -0.39 is 5.91 Å². The molecule has 0 aromatic carbocycles. The SMILES string of the molecule is CCC(=O)C(=O)NCCCC/C=C\CCCCCCCCCI. The van der Waals surface area contributed by atoms with E-state index in [0.29, 0.717) is 6.54 Å². The van der Waals surface area contributed by atoms with Gasteiger partial charge in [0.1, 0.15) is 0 Å². The maximum atomic E-state index is 11.2. The second-order valence-corrected chi connectivity index (χ2v) is 7.03. The second-order valence-electron chi connectivity index (χ2n) is 5.95. The highest BCUT2D eigenvalue weighted by Gasteiger charge is 2.08. The normalized spacial score (nSPS) is 11.0. The predicted molar refractivity (Wildman–Crippen MR) is 107 cm³/mol. The molecule has 0 atom stereocenters. The molecular weight excluding hydrogens is 401 g/mol. The van der Waals surface area contributed by atoms with Crippen LogP contribution in [0.3, 0.4) is 0 Å². The Morgan fingerprint density at radius 1 is 0.826 bits per heavy atom. The first-order chi connectivity index (χ1) is 11.2. The van der Waals surface area contributed by atoms with Gasteiger partial charge in [0.25, 0.3) is 5.91 Å². The summed E-state index contributed by atoms with van der Waals surface area (Å²) in [6.07, 6.45) is 18.7. The van der Waals surface area contributed by atoms with Crippen molar-refractivity contribution in [3.8, 4) is 0 Å². The van der Waals surface area contributed by atoms with Crippen LogP contribution in [0.4, 0.5) is 0 Å². The molecule has 0 unspecified atom stereocenters. The monoisotopic (exact) mass is 435 g/mol. The molecule has 134 valence electrons. The fraction of sp³-hybridized carbons (Fsp3) is 0.789. The van der Waals surface area contributed by atoms with Gasteiger partial charge in [-0.15, -0.1) is 0 Å². The number of rotatable bonds is 16. The largest absolute Gasteiger partial charge is 0.350 e. The average molecular weight is 435 g/mol. The lowest BCUT2D eigenvalue weighted by molar-refractivity contribution is -0.137. The highest BCUT2D eigenvalue weighted by molar-refractivity contribution is 14.1. The molecule has 1 amide bonds. The Labute approximate surface area is 156 Å². The van der Waals surface area contributed by atoms with Crippen LogP contribution in [0.5, 0.6) is 0 Å². The third-order valence-corrected chi connectivity index (χ3v) is 4.59. The van der Waals surface area contributed by atoms with Crippen LogP contribution in [0.1, 0.15) is 84.0 Å². The number of alkyl halides is 1. The lowest BCUT2D eigenvalue weighted by Crippen LogP contribution is -2.31. The summed E-state index contributed by atoms with van der Waals surface area (Å²) in [5.41, 5.74) is 0. The van der Waals surface area contributed by atoms with Crippen LogP contribution in [0.2, 0.25) is 0 Å². The number of carbonyl (C=O) groups excluding carboxylic acids is 2.